The molecule has 3 N–H and O–H groups in total. The van der Waals surface area contributed by atoms with Gasteiger partial charge in [-0.1, -0.05) is 32.0 Å². The van der Waals surface area contributed by atoms with E-state index in [-0.39, 0.29) is 5.41 Å². The molecule has 134 valence electrons. The van der Waals surface area contributed by atoms with Crippen LogP contribution < -0.4 is 11.1 Å². The number of hydrogen-bond acceptors (Lipinski definition) is 5. The Morgan fingerprint density at radius 2 is 2.00 bits per heavy atom. The number of ether oxygens (including phenoxy) is 1. The second-order valence-electron chi connectivity index (χ2n) is 7.26. The zero-order valence-electron chi connectivity index (χ0n) is 15.5. The Bertz CT molecular complexity index is 884. The van der Waals surface area contributed by atoms with Crippen LogP contribution >= 0.6 is 0 Å². The summed E-state index contributed by atoms with van der Waals surface area (Å²) in [5.74, 6) is 1.48. The van der Waals surface area contributed by atoms with Gasteiger partial charge in [-0.3, -0.25) is 0 Å². The molecule has 0 aliphatic heterocycles. The lowest BCUT2D eigenvalue weighted by atomic mass is 9.93. The van der Waals surface area contributed by atoms with Crippen molar-refractivity contribution in [3.8, 4) is 0 Å². The van der Waals surface area contributed by atoms with Crippen LogP contribution in [0.3, 0.4) is 0 Å². The number of pyridine rings is 1. The summed E-state index contributed by atoms with van der Waals surface area (Å²) in [6.45, 7) is 6.89. The first-order valence-corrected chi connectivity index (χ1v) is 8.64. The van der Waals surface area contributed by atoms with Crippen LogP contribution in [0, 0.1) is 5.41 Å². The highest BCUT2D eigenvalue weighted by Gasteiger charge is 2.23. The van der Waals surface area contributed by atoms with Crippen molar-refractivity contribution < 1.29 is 4.74 Å². The predicted molar refractivity (Wildman–Crippen MR) is 103 cm³/mol. The van der Waals surface area contributed by atoms with Crippen LogP contribution in [0.5, 0.6) is 0 Å². The number of nitrogens with two attached hydrogens (primary N) is 1. The van der Waals surface area contributed by atoms with E-state index < -0.39 is 0 Å². The van der Waals surface area contributed by atoms with Gasteiger partial charge in [0.1, 0.15) is 11.3 Å². The van der Waals surface area contributed by atoms with Gasteiger partial charge in [-0.05, 0) is 18.5 Å². The van der Waals surface area contributed by atoms with Crippen LogP contribution in [0.1, 0.15) is 19.7 Å². The van der Waals surface area contributed by atoms with Gasteiger partial charge in [-0.2, -0.15) is 0 Å². The van der Waals surface area contributed by atoms with Gasteiger partial charge in [0.15, 0.2) is 5.82 Å². The first kappa shape index (κ1) is 17.6. The third kappa shape index (κ3) is 3.45. The molecule has 6 nitrogen and oxygen atoms in total. The Kier molecular flexibility index (Phi) is 4.92. The fraction of sp³-hybridized carbons (Fsp3) is 0.474. The van der Waals surface area contributed by atoms with Crippen LogP contribution in [0.2, 0.25) is 0 Å². The third-order valence-electron chi connectivity index (χ3n) is 4.46. The minimum atomic E-state index is 0.0728. The van der Waals surface area contributed by atoms with Gasteiger partial charge in [0.2, 0.25) is 0 Å². The first-order valence-electron chi connectivity index (χ1n) is 8.64. The van der Waals surface area contributed by atoms with E-state index in [4.69, 9.17) is 15.5 Å². The summed E-state index contributed by atoms with van der Waals surface area (Å²) in [6, 6.07) is 8.10. The molecule has 0 unspecified atom stereocenters. The number of nitrogen functional groups attached to an aromatic ring is 1. The molecule has 25 heavy (non-hydrogen) atoms. The fourth-order valence-electron chi connectivity index (χ4n) is 3.42. The van der Waals surface area contributed by atoms with E-state index >= 15 is 0 Å². The molecule has 0 fully saturated rings. The second kappa shape index (κ2) is 6.98. The predicted octanol–water partition coefficient (Wildman–Crippen LogP) is 2.60. The van der Waals surface area contributed by atoms with E-state index in [0.29, 0.717) is 12.4 Å². The summed E-state index contributed by atoms with van der Waals surface area (Å²) in [5, 5.41) is 4.37. The van der Waals surface area contributed by atoms with E-state index in [1.165, 1.54) is 0 Å². The zero-order valence-corrected chi connectivity index (χ0v) is 15.5. The maximum atomic E-state index is 6.23. The Morgan fingerprint density at radius 1 is 1.24 bits per heavy atom. The van der Waals surface area contributed by atoms with Gasteiger partial charge in [-0.15, -0.1) is 0 Å². The van der Waals surface area contributed by atoms with Crippen LogP contribution in [-0.2, 0) is 17.7 Å². The van der Waals surface area contributed by atoms with E-state index in [9.17, 15) is 0 Å². The Balaban J connectivity index is 2.25. The summed E-state index contributed by atoms with van der Waals surface area (Å²) >= 11 is 0. The molecule has 0 bridgehead atoms. The maximum absolute atomic E-state index is 6.23. The molecular weight excluding hydrogens is 314 g/mol. The quantitative estimate of drug-likeness (QED) is 0.691. The molecule has 1 aromatic carbocycles. The van der Waals surface area contributed by atoms with Crippen LogP contribution in [0.15, 0.2) is 24.3 Å². The number of nitrogens with zero attached hydrogens (tertiary/aromatic N) is 3. The topological polar surface area (TPSA) is 78.0 Å². The summed E-state index contributed by atoms with van der Waals surface area (Å²) in [7, 11) is 3.69. The lowest BCUT2D eigenvalue weighted by molar-refractivity contribution is 0.198. The molecule has 0 amide bonds. The molecule has 0 spiro atoms. The van der Waals surface area contributed by atoms with Crippen molar-refractivity contribution in [1.82, 2.24) is 19.9 Å². The van der Waals surface area contributed by atoms with Gasteiger partial charge in [0, 0.05) is 32.0 Å². The van der Waals surface area contributed by atoms with Crippen molar-refractivity contribution in [2.75, 3.05) is 33.0 Å². The largest absolute Gasteiger partial charge is 0.384 e. The van der Waals surface area contributed by atoms with Gasteiger partial charge >= 0.3 is 0 Å². The lowest BCUT2D eigenvalue weighted by Crippen LogP contribution is -2.31. The maximum Gasteiger partial charge on any atom is 0.152 e. The normalized spacial score (nSPS) is 12.3. The summed E-state index contributed by atoms with van der Waals surface area (Å²) < 4.78 is 7.58. The number of imidazole rings is 1. The zero-order chi connectivity index (χ0) is 18.0. The average Bonchev–Trinajstić information content (AvgIpc) is 2.91. The Hall–Kier alpha value is -2.18. The number of rotatable bonds is 7. The SMILES string of the molecule is CNCC(C)(C)Cn1c(CCOC)nc2c(N)nc3ccccc3c21. The van der Waals surface area contributed by atoms with Gasteiger partial charge in [0.25, 0.3) is 0 Å². The molecular formula is C19H27N5O. The number of fused-ring (bicyclic) bond motifs is 3. The number of benzene rings is 1. The first-order chi connectivity index (χ1) is 12.0. The van der Waals surface area contributed by atoms with Crippen molar-refractivity contribution in [3.05, 3.63) is 30.1 Å². The standard InChI is InChI=1S/C19H27N5O/c1-19(2,11-21-3)12-24-15(9-10-25-4)23-16-17(24)13-7-5-6-8-14(13)22-18(16)20/h5-8,21H,9-12H2,1-4H3,(H2,20,22). The smallest absolute Gasteiger partial charge is 0.152 e. The molecule has 3 aromatic rings. The van der Waals surface area contributed by atoms with Crippen LogP contribution in [0.25, 0.3) is 21.9 Å². The van der Waals surface area contributed by atoms with Crippen molar-refractivity contribution in [3.63, 3.8) is 0 Å². The van der Waals surface area contributed by atoms with Crippen LogP contribution in [-0.4, -0.2) is 41.8 Å². The lowest BCUT2D eigenvalue weighted by Gasteiger charge is -2.26. The van der Waals surface area contributed by atoms with Gasteiger partial charge < -0.3 is 20.4 Å². The molecule has 6 heteroatoms. The number of aromatic nitrogens is 3. The second-order valence-corrected chi connectivity index (χ2v) is 7.26. The minimum Gasteiger partial charge on any atom is -0.384 e. The van der Waals surface area contributed by atoms with E-state index in [1.54, 1.807) is 7.11 Å². The van der Waals surface area contributed by atoms with Crippen molar-refractivity contribution in [2.24, 2.45) is 5.41 Å². The van der Waals surface area contributed by atoms with Crippen molar-refractivity contribution in [1.29, 1.82) is 0 Å². The highest BCUT2D eigenvalue weighted by Crippen LogP contribution is 2.31. The minimum absolute atomic E-state index is 0.0728. The number of hydrogen-bond donors (Lipinski definition) is 2. The highest BCUT2D eigenvalue weighted by atomic mass is 16.5. The molecule has 0 aliphatic rings. The van der Waals surface area contributed by atoms with Crippen LogP contribution in [0.4, 0.5) is 5.82 Å². The monoisotopic (exact) mass is 341 g/mol. The summed E-state index contributed by atoms with van der Waals surface area (Å²) in [5.41, 5.74) is 9.05. The van der Waals surface area contributed by atoms with Crippen molar-refractivity contribution >= 4 is 27.8 Å². The molecule has 3 rings (SSSR count). The fourth-order valence-corrected chi connectivity index (χ4v) is 3.42. The summed E-state index contributed by atoms with van der Waals surface area (Å²) in [6.07, 6.45) is 0.745. The molecule has 2 aromatic heterocycles. The van der Waals surface area contributed by atoms with E-state index in [2.05, 4.69) is 34.8 Å². The van der Waals surface area contributed by atoms with E-state index in [0.717, 1.165) is 47.3 Å². The molecule has 0 aliphatic carbocycles. The molecule has 0 saturated carbocycles. The van der Waals surface area contributed by atoms with Crippen molar-refractivity contribution in [2.45, 2.75) is 26.8 Å². The van der Waals surface area contributed by atoms with E-state index in [1.807, 2.05) is 25.2 Å². The molecule has 0 radical (unpaired) electrons. The average molecular weight is 341 g/mol. The molecule has 0 atom stereocenters. The Morgan fingerprint density at radius 3 is 2.72 bits per heavy atom. The number of nitrogens with one attached hydrogen (secondary N) is 1. The highest BCUT2D eigenvalue weighted by molar-refractivity contribution is 6.06. The van der Waals surface area contributed by atoms with Gasteiger partial charge in [-0.25, -0.2) is 9.97 Å². The number of para-hydroxylation sites is 1. The summed E-state index contributed by atoms with van der Waals surface area (Å²) in [4.78, 5) is 9.35. The number of anilines is 1. The third-order valence-corrected chi connectivity index (χ3v) is 4.46. The molecule has 0 saturated heterocycles. The number of methoxy groups -OCH3 is 1. The Labute approximate surface area is 148 Å². The molecule has 2 heterocycles. The van der Waals surface area contributed by atoms with Gasteiger partial charge in [0.05, 0.1) is 17.6 Å².